The third-order valence-electron chi connectivity index (χ3n) is 4.60. The summed E-state index contributed by atoms with van der Waals surface area (Å²) in [6, 6.07) is -0.920. The first-order valence-corrected chi connectivity index (χ1v) is 9.18. The van der Waals surface area contributed by atoms with Gasteiger partial charge in [0.15, 0.2) is 0 Å². The van der Waals surface area contributed by atoms with Crippen LogP contribution in [0, 0.1) is 5.92 Å². The Bertz CT molecular complexity index is 424. The lowest BCUT2D eigenvalue weighted by Gasteiger charge is -2.35. The zero-order chi connectivity index (χ0) is 19.9. The molecular weight excluding hydrogens is 342 g/mol. The van der Waals surface area contributed by atoms with E-state index in [0.29, 0.717) is 12.8 Å². The Morgan fingerprint density at radius 3 is 1.73 bits per heavy atom. The third kappa shape index (κ3) is 7.88. The van der Waals surface area contributed by atoms with Gasteiger partial charge in [-0.25, -0.2) is 9.59 Å². The maximum atomic E-state index is 11.2. The minimum Gasteiger partial charge on any atom is -0.480 e. The van der Waals surface area contributed by atoms with Crippen LogP contribution in [0.3, 0.4) is 0 Å². The molecule has 2 aliphatic heterocycles. The van der Waals surface area contributed by atoms with Gasteiger partial charge in [-0.2, -0.15) is 0 Å². The zero-order valence-corrected chi connectivity index (χ0v) is 16.3. The molecule has 0 aliphatic carbocycles. The fourth-order valence-corrected chi connectivity index (χ4v) is 3.67. The first-order chi connectivity index (χ1) is 12.1. The number of hydrogen-bond acceptors (Lipinski definition) is 6. The van der Waals surface area contributed by atoms with E-state index < -0.39 is 18.1 Å². The van der Waals surface area contributed by atoms with Crippen molar-refractivity contribution in [2.24, 2.45) is 5.92 Å². The van der Waals surface area contributed by atoms with E-state index in [2.05, 4.69) is 10.1 Å². The highest BCUT2D eigenvalue weighted by Gasteiger charge is 2.35. The second-order valence-electron chi connectivity index (χ2n) is 7.32. The average molecular weight is 375 g/mol. The Kier molecular flexibility index (Phi) is 9.32. The lowest BCUT2D eigenvalue weighted by atomic mass is 9.86. The van der Waals surface area contributed by atoms with Crippen molar-refractivity contribution in [2.45, 2.75) is 89.9 Å². The van der Waals surface area contributed by atoms with Gasteiger partial charge in [-0.05, 0) is 59.3 Å². The van der Waals surface area contributed by atoms with Crippen molar-refractivity contribution >= 4 is 12.1 Å². The van der Waals surface area contributed by atoms with E-state index in [1.165, 1.54) is 7.11 Å². The summed E-state index contributed by atoms with van der Waals surface area (Å²) in [6.45, 7) is 7.80. The number of aliphatic hydroxyl groups excluding tert-OH is 1. The van der Waals surface area contributed by atoms with Crippen LogP contribution in [-0.2, 0) is 19.0 Å². The molecule has 7 atom stereocenters. The summed E-state index contributed by atoms with van der Waals surface area (Å²) < 4.78 is 15.4. The number of nitrogens with one attached hydrogen (secondary N) is 1. The van der Waals surface area contributed by atoms with E-state index in [0.717, 1.165) is 12.8 Å². The second kappa shape index (κ2) is 10.7. The Hall–Kier alpha value is -1.38. The molecular formula is C18H33NO7. The van der Waals surface area contributed by atoms with Crippen molar-refractivity contribution in [3.8, 4) is 0 Å². The lowest BCUT2D eigenvalue weighted by molar-refractivity contribution is -0.143. The summed E-state index contributed by atoms with van der Waals surface area (Å²) in [5.74, 6) is -1.17. The molecule has 2 saturated heterocycles. The van der Waals surface area contributed by atoms with Gasteiger partial charge < -0.3 is 29.7 Å². The standard InChI is InChI=1S/C11H19NO5.C7H14O2/c1-6-4-8(5-7(2)17-6)9(10(13)14)12-11(15)16-3;1-5-3-7(8)4-6(2)9-5/h6-9H,4-5H2,1-3H3,(H,12,15)(H,13,14);5-8H,3-4H2,1-2H3/t6-,7+,8?,9?;5-,6+,7?. The average Bonchev–Trinajstić information content (AvgIpc) is 2.50. The van der Waals surface area contributed by atoms with Gasteiger partial charge in [-0.1, -0.05) is 0 Å². The van der Waals surface area contributed by atoms with Crippen LogP contribution in [0.4, 0.5) is 4.79 Å². The number of rotatable bonds is 3. The molecule has 0 spiro atoms. The molecule has 26 heavy (non-hydrogen) atoms. The lowest BCUT2D eigenvalue weighted by Crippen LogP contribution is -2.49. The summed E-state index contributed by atoms with van der Waals surface area (Å²) in [6.07, 6.45) is 2.46. The van der Waals surface area contributed by atoms with Gasteiger partial charge in [-0.15, -0.1) is 0 Å². The normalized spacial score (nSPS) is 35.5. The van der Waals surface area contributed by atoms with Crippen molar-refractivity contribution in [1.29, 1.82) is 0 Å². The van der Waals surface area contributed by atoms with Crippen LogP contribution in [-0.4, -0.2) is 65.9 Å². The van der Waals surface area contributed by atoms with Crippen LogP contribution in [0.15, 0.2) is 0 Å². The first-order valence-electron chi connectivity index (χ1n) is 9.18. The van der Waals surface area contributed by atoms with E-state index in [9.17, 15) is 14.7 Å². The molecule has 2 aliphatic rings. The number of carbonyl (C=O) groups excluding carboxylic acids is 1. The Balaban J connectivity index is 0.000000314. The van der Waals surface area contributed by atoms with Gasteiger partial charge in [-0.3, -0.25) is 0 Å². The van der Waals surface area contributed by atoms with Gasteiger partial charge in [0.1, 0.15) is 6.04 Å². The number of ether oxygens (including phenoxy) is 3. The van der Waals surface area contributed by atoms with Gasteiger partial charge in [0.05, 0.1) is 37.6 Å². The predicted octanol–water partition coefficient (Wildman–Crippen LogP) is 1.93. The van der Waals surface area contributed by atoms with Gasteiger partial charge in [0.25, 0.3) is 0 Å². The quantitative estimate of drug-likeness (QED) is 0.690. The fourth-order valence-electron chi connectivity index (χ4n) is 3.67. The summed E-state index contributed by atoms with van der Waals surface area (Å²) in [5.41, 5.74) is 0. The molecule has 0 saturated carbocycles. The van der Waals surface area contributed by atoms with E-state index in [-0.39, 0.29) is 36.4 Å². The number of aliphatic carboxylic acids is 1. The second-order valence-corrected chi connectivity index (χ2v) is 7.32. The smallest absolute Gasteiger partial charge is 0.407 e. The summed E-state index contributed by atoms with van der Waals surface area (Å²) in [7, 11) is 1.21. The number of alkyl carbamates (subject to hydrolysis) is 1. The van der Waals surface area contributed by atoms with Crippen LogP contribution in [0.1, 0.15) is 53.4 Å². The van der Waals surface area contributed by atoms with Crippen molar-refractivity contribution in [3.05, 3.63) is 0 Å². The SMILES string of the molecule is COC(=O)NC(C(=O)O)C1C[C@@H](C)O[C@@H](C)C1.C[C@@H]1CC(O)C[C@H](C)O1. The molecule has 0 bridgehead atoms. The number of aliphatic hydroxyl groups is 1. The fraction of sp³-hybridized carbons (Fsp3) is 0.889. The first kappa shape index (κ1) is 22.7. The van der Waals surface area contributed by atoms with Gasteiger partial charge in [0, 0.05) is 0 Å². The molecule has 8 heteroatoms. The van der Waals surface area contributed by atoms with E-state index >= 15 is 0 Å². The van der Waals surface area contributed by atoms with Crippen molar-refractivity contribution in [3.63, 3.8) is 0 Å². The molecule has 152 valence electrons. The van der Waals surface area contributed by atoms with Crippen LogP contribution in [0.5, 0.6) is 0 Å². The number of carboxylic acid groups (broad SMARTS) is 1. The molecule has 8 nitrogen and oxygen atoms in total. The predicted molar refractivity (Wildman–Crippen MR) is 94.9 cm³/mol. The third-order valence-corrected chi connectivity index (χ3v) is 4.60. The molecule has 1 amide bonds. The van der Waals surface area contributed by atoms with E-state index in [4.69, 9.17) is 14.6 Å². The van der Waals surface area contributed by atoms with Gasteiger partial charge in [0.2, 0.25) is 0 Å². The molecule has 3 unspecified atom stereocenters. The van der Waals surface area contributed by atoms with Crippen LogP contribution in [0.25, 0.3) is 0 Å². The number of hydrogen-bond donors (Lipinski definition) is 3. The summed E-state index contributed by atoms with van der Waals surface area (Å²) in [4.78, 5) is 22.3. The largest absolute Gasteiger partial charge is 0.480 e. The number of carboxylic acids is 1. The minimum absolute atomic E-state index is 0.00467. The molecule has 3 N–H and O–H groups in total. The molecule has 2 heterocycles. The monoisotopic (exact) mass is 375 g/mol. The van der Waals surface area contributed by atoms with Crippen LogP contribution in [0.2, 0.25) is 0 Å². The Labute approximate surface area is 155 Å². The topological polar surface area (TPSA) is 114 Å². The van der Waals surface area contributed by atoms with Crippen molar-refractivity contribution < 1.29 is 34.0 Å². The zero-order valence-electron chi connectivity index (χ0n) is 16.3. The maximum absolute atomic E-state index is 11.2. The summed E-state index contributed by atoms with van der Waals surface area (Å²) >= 11 is 0. The Morgan fingerprint density at radius 2 is 1.38 bits per heavy atom. The van der Waals surface area contributed by atoms with E-state index in [1.807, 2.05) is 27.7 Å². The molecule has 0 radical (unpaired) electrons. The molecule has 0 aromatic heterocycles. The minimum atomic E-state index is -1.04. The highest BCUT2D eigenvalue weighted by atomic mass is 16.5. The van der Waals surface area contributed by atoms with Gasteiger partial charge >= 0.3 is 12.1 Å². The molecule has 2 fully saturated rings. The molecule has 2 rings (SSSR count). The number of amides is 1. The highest BCUT2D eigenvalue weighted by molar-refractivity contribution is 5.80. The van der Waals surface area contributed by atoms with Crippen molar-refractivity contribution in [2.75, 3.05) is 7.11 Å². The molecule has 0 aromatic carbocycles. The highest BCUT2D eigenvalue weighted by Crippen LogP contribution is 2.27. The van der Waals surface area contributed by atoms with Crippen LogP contribution >= 0.6 is 0 Å². The Morgan fingerprint density at radius 1 is 0.962 bits per heavy atom. The summed E-state index contributed by atoms with van der Waals surface area (Å²) in [5, 5.41) is 20.7. The maximum Gasteiger partial charge on any atom is 0.407 e. The molecule has 0 aromatic rings. The van der Waals surface area contributed by atoms with E-state index in [1.54, 1.807) is 0 Å². The van der Waals surface area contributed by atoms with Crippen LogP contribution < -0.4 is 5.32 Å². The number of carbonyl (C=O) groups is 2. The number of methoxy groups -OCH3 is 1. The van der Waals surface area contributed by atoms with Crippen molar-refractivity contribution in [1.82, 2.24) is 5.32 Å².